The predicted molar refractivity (Wildman–Crippen MR) is 148 cm³/mol. The molecule has 4 rings (SSSR count). The fourth-order valence-electron chi connectivity index (χ4n) is 4.31. The number of hydrogen-bond donors (Lipinski definition) is 3. The molecule has 2 aliphatic rings. The summed E-state index contributed by atoms with van der Waals surface area (Å²) in [5.41, 5.74) is 10.5. The second-order valence-electron chi connectivity index (χ2n) is 9.07. The molecule has 2 heterocycles. The lowest BCUT2D eigenvalue weighted by Gasteiger charge is -2.35. The fourth-order valence-corrected chi connectivity index (χ4v) is 4.31. The number of carbonyl (C=O) groups excluding carboxylic acids is 1. The molecule has 190 valence electrons. The van der Waals surface area contributed by atoms with E-state index in [1.54, 1.807) is 12.3 Å². The molecule has 36 heavy (non-hydrogen) atoms. The van der Waals surface area contributed by atoms with Gasteiger partial charge in [0.15, 0.2) is 0 Å². The summed E-state index contributed by atoms with van der Waals surface area (Å²) < 4.78 is 5.28. The predicted octanol–water partition coefficient (Wildman–Crippen LogP) is 3.76. The first-order chi connectivity index (χ1) is 17.5. The number of ether oxygens (including phenoxy) is 1. The van der Waals surface area contributed by atoms with Gasteiger partial charge in [0, 0.05) is 61.8 Å². The molecule has 1 amide bonds. The van der Waals surface area contributed by atoms with Crippen LogP contribution in [0.4, 0.5) is 17.1 Å². The first kappa shape index (κ1) is 25.5. The molecule has 0 spiro atoms. The van der Waals surface area contributed by atoms with Crippen molar-refractivity contribution in [3.63, 3.8) is 0 Å². The summed E-state index contributed by atoms with van der Waals surface area (Å²) in [6.45, 7) is 12.8. The Labute approximate surface area is 213 Å². The van der Waals surface area contributed by atoms with Crippen LogP contribution in [0.25, 0.3) is 5.70 Å². The monoisotopic (exact) mass is 488 g/mol. The molecule has 8 nitrogen and oxygen atoms in total. The Kier molecular flexibility index (Phi) is 8.76. The topological polar surface area (TPSA) is 95.2 Å². The quantitative estimate of drug-likeness (QED) is 0.465. The van der Waals surface area contributed by atoms with E-state index in [2.05, 4.69) is 51.1 Å². The van der Waals surface area contributed by atoms with E-state index in [1.807, 2.05) is 36.4 Å². The Morgan fingerprint density at radius 2 is 1.75 bits per heavy atom. The Balaban J connectivity index is 1.25. The number of rotatable bonds is 9. The summed E-state index contributed by atoms with van der Waals surface area (Å²) in [6.07, 6.45) is 4.12. The van der Waals surface area contributed by atoms with E-state index < -0.39 is 0 Å². The van der Waals surface area contributed by atoms with Crippen molar-refractivity contribution in [2.45, 2.75) is 13.3 Å². The van der Waals surface area contributed by atoms with Crippen LogP contribution >= 0.6 is 0 Å². The third-order valence-electron chi connectivity index (χ3n) is 6.61. The van der Waals surface area contributed by atoms with E-state index in [1.165, 1.54) is 5.69 Å². The van der Waals surface area contributed by atoms with Crippen LogP contribution < -0.4 is 21.3 Å². The minimum absolute atomic E-state index is 0.00800. The van der Waals surface area contributed by atoms with E-state index in [9.17, 15) is 4.79 Å². The van der Waals surface area contributed by atoms with Crippen LogP contribution in [-0.4, -0.2) is 63.0 Å². The Morgan fingerprint density at radius 3 is 2.39 bits per heavy atom. The van der Waals surface area contributed by atoms with Crippen LogP contribution in [0.15, 0.2) is 72.0 Å². The summed E-state index contributed by atoms with van der Waals surface area (Å²) in [6, 6.07) is 15.8. The SMILES string of the molecule is C=C(/N=C\C=C(/N)c1ccc(NC(=O)C2CCOC2)cc1)Nc1ccc(N2CCN(CC)CC2)cc1. The molecule has 8 heteroatoms. The van der Waals surface area contributed by atoms with Crippen LogP contribution in [0, 0.1) is 5.92 Å². The third kappa shape index (κ3) is 6.96. The van der Waals surface area contributed by atoms with E-state index in [0.717, 1.165) is 56.1 Å². The maximum absolute atomic E-state index is 12.2. The van der Waals surface area contributed by atoms with Gasteiger partial charge in [-0.1, -0.05) is 25.6 Å². The average Bonchev–Trinajstić information content (AvgIpc) is 3.45. The van der Waals surface area contributed by atoms with Gasteiger partial charge in [-0.05, 0) is 61.0 Å². The van der Waals surface area contributed by atoms with Gasteiger partial charge in [-0.25, -0.2) is 4.99 Å². The van der Waals surface area contributed by atoms with Gasteiger partial charge in [-0.15, -0.1) is 0 Å². The van der Waals surface area contributed by atoms with Crippen molar-refractivity contribution < 1.29 is 9.53 Å². The largest absolute Gasteiger partial charge is 0.398 e. The summed E-state index contributed by atoms with van der Waals surface area (Å²) in [7, 11) is 0. The summed E-state index contributed by atoms with van der Waals surface area (Å²) in [5.74, 6) is 0.441. The molecular weight excluding hydrogens is 452 g/mol. The summed E-state index contributed by atoms with van der Waals surface area (Å²) in [5, 5.41) is 6.14. The smallest absolute Gasteiger partial charge is 0.229 e. The molecule has 2 fully saturated rings. The lowest BCUT2D eigenvalue weighted by atomic mass is 10.1. The normalized spacial score (nSPS) is 19.0. The first-order valence-corrected chi connectivity index (χ1v) is 12.5. The minimum atomic E-state index is -0.0767. The molecule has 0 radical (unpaired) electrons. The van der Waals surface area contributed by atoms with Gasteiger partial charge in [0.1, 0.15) is 5.82 Å². The van der Waals surface area contributed by atoms with Gasteiger partial charge >= 0.3 is 0 Å². The second-order valence-corrected chi connectivity index (χ2v) is 9.07. The van der Waals surface area contributed by atoms with Crippen LogP contribution in [-0.2, 0) is 9.53 Å². The Bertz CT molecular complexity index is 1080. The zero-order chi connectivity index (χ0) is 25.3. The van der Waals surface area contributed by atoms with Crippen molar-refractivity contribution in [1.82, 2.24) is 4.90 Å². The molecule has 2 aromatic rings. The summed E-state index contributed by atoms with van der Waals surface area (Å²) in [4.78, 5) is 21.5. The number of likely N-dealkylation sites (N-methyl/N-ethyl adjacent to an activating group) is 1. The van der Waals surface area contributed by atoms with Crippen molar-refractivity contribution in [2.75, 3.05) is 61.5 Å². The van der Waals surface area contributed by atoms with Crippen LogP contribution in [0.5, 0.6) is 0 Å². The highest BCUT2D eigenvalue weighted by atomic mass is 16.5. The number of benzene rings is 2. The maximum Gasteiger partial charge on any atom is 0.229 e. The molecule has 1 unspecified atom stereocenters. The third-order valence-corrected chi connectivity index (χ3v) is 6.61. The van der Waals surface area contributed by atoms with Crippen molar-refractivity contribution in [1.29, 1.82) is 0 Å². The maximum atomic E-state index is 12.2. The number of hydrogen-bond acceptors (Lipinski definition) is 7. The van der Waals surface area contributed by atoms with Crippen LogP contribution in [0.2, 0.25) is 0 Å². The van der Waals surface area contributed by atoms with Gasteiger partial charge < -0.3 is 30.9 Å². The lowest BCUT2D eigenvalue weighted by Crippen LogP contribution is -2.46. The molecule has 1 atom stereocenters. The molecule has 0 aromatic heterocycles. The number of nitrogens with two attached hydrogens (primary N) is 1. The number of anilines is 3. The van der Waals surface area contributed by atoms with Gasteiger partial charge in [0.25, 0.3) is 0 Å². The number of carbonyl (C=O) groups is 1. The average molecular weight is 489 g/mol. The molecule has 2 aromatic carbocycles. The highest BCUT2D eigenvalue weighted by Crippen LogP contribution is 2.21. The van der Waals surface area contributed by atoms with Crippen molar-refractivity contribution in [3.05, 3.63) is 72.6 Å². The number of amides is 1. The molecule has 2 aliphatic heterocycles. The van der Waals surface area contributed by atoms with E-state index >= 15 is 0 Å². The molecule has 4 N–H and O–H groups in total. The van der Waals surface area contributed by atoms with Crippen LogP contribution in [0.3, 0.4) is 0 Å². The van der Waals surface area contributed by atoms with E-state index in [4.69, 9.17) is 10.5 Å². The highest BCUT2D eigenvalue weighted by molar-refractivity contribution is 5.93. The zero-order valence-electron chi connectivity index (χ0n) is 21.0. The molecule has 2 saturated heterocycles. The number of nitrogens with one attached hydrogen (secondary N) is 2. The number of piperazine rings is 1. The van der Waals surface area contributed by atoms with Gasteiger partial charge in [0.05, 0.1) is 12.5 Å². The zero-order valence-corrected chi connectivity index (χ0v) is 21.0. The molecule has 0 saturated carbocycles. The molecule has 0 aliphatic carbocycles. The molecular formula is C28H36N6O2. The Hall–Kier alpha value is -3.62. The van der Waals surface area contributed by atoms with Crippen molar-refractivity contribution >= 4 is 34.9 Å². The minimum Gasteiger partial charge on any atom is -0.398 e. The van der Waals surface area contributed by atoms with Crippen LogP contribution in [0.1, 0.15) is 18.9 Å². The fraction of sp³-hybridized carbons (Fsp3) is 0.357. The van der Waals surface area contributed by atoms with E-state index in [-0.39, 0.29) is 11.8 Å². The van der Waals surface area contributed by atoms with Crippen molar-refractivity contribution in [3.8, 4) is 0 Å². The van der Waals surface area contributed by atoms with Gasteiger partial charge in [-0.2, -0.15) is 0 Å². The standard InChI is InChI=1S/C28H36N6O2/c1-3-33-15-17-34(18-16-33)26-10-8-24(9-11-26)31-21(2)30-14-12-27(29)22-4-6-25(7-5-22)32-28(35)23-13-19-36-20-23/h4-12,14,23,31H,2-3,13,15-20,29H2,1H3,(H,32,35)/b27-12-,30-14-. The van der Waals surface area contributed by atoms with Gasteiger partial charge in [-0.3, -0.25) is 4.79 Å². The number of allylic oxidation sites excluding steroid dienone is 1. The van der Waals surface area contributed by atoms with Gasteiger partial charge in [0.2, 0.25) is 5.91 Å². The Morgan fingerprint density at radius 1 is 1.08 bits per heavy atom. The highest BCUT2D eigenvalue weighted by Gasteiger charge is 2.23. The first-order valence-electron chi connectivity index (χ1n) is 12.5. The number of nitrogens with zero attached hydrogens (tertiary/aromatic N) is 3. The lowest BCUT2D eigenvalue weighted by molar-refractivity contribution is -0.119. The van der Waals surface area contributed by atoms with E-state index in [0.29, 0.717) is 24.7 Å². The van der Waals surface area contributed by atoms with Crippen molar-refractivity contribution in [2.24, 2.45) is 16.6 Å². The molecule has 0 bridgehead atoms. The second kappa shape index (κ2) is 12.4. The summed E-state index contributed by atoms with van der Waals surface area (Å²) >= 11 is 0. The number of aliphatic imine (C=N–C) groups is 1.